The van der Waals surface area contributed by atoms with Crippen molar-refractivity contribution in [2.24, 2.45) is 0 Å². The Kier molecular flexibility index (Phi) is 46.5. The van der Waals surface area contributed by atoms with Crippen molar-refractivity contribution in [1.82, 2.24) is 5.32 Å². The SMILES string of the molecule is CCCCCC/C=C/CC/C=C/CCCC(O)C(O)C(CO)NC(=O)CCCCCCCCCCCCCCCCCCCCCCCCCCCCCCCC. The largest absolute Gasteiger partial charge is 0.394 e. The van der Waals surface area contributed by atoms with Gasteiger partial charge in [-0.2, -0.15) is 0 Å². The van der Waals surface area contributed by atoms with Crippen molar-refractivity contribution in [3.63, 3.8) is 0 Å². The van der Waals surface area contributed by atoms with Gasteiger partial charge in [0.15, 0.2) is 0 Å². The Balaban J connectivity index is 3.50. The highest BCUT2D eigenvalue weighted by atomic mass is 16.3. The highest BCUT2D eigenvalue weighted by Crippen LogP contribution is 2.17. The van der Waals surface area contributed by atoms with Crippen LogP contribution < -0.4 is 5.32 Å². The topological polar surface area (TPSA) is 89.8 Å². The fourth-order valence-electron chi connectivity index (χ4n) is 8.06. The molecule has 0 aromatic rings. The maximum absolute atomic E-state index is 12.5. The summed E-state index contributed by atoms with van der Waals surface area (Å²) in [5.74, 6) is -0.154. The van der Waals surface area contributed by atoms with E-state index in [1.54, 1.807) is 0 Å². The number of hydrogen-bond acceptors (Lipinski definition) is 4. The van der Waals surface area contributed by atoms with Crippen molar-refractivity contribution >= 4 is 5.91 Å². The molecule has 0 heterocycles. The Morgan fingerprint density at radius 2 is 0.719 bits per heavy atom. The zero-order valence-electron chi connectivity index (χ0n) is 38.5. The van der Waals surface area contributed by atoms with Gasteiger partial charge in [-0.15, -0.1) is 0 Å². The first-order valence-electron chi connectivity index (χ1n) is 25.6. The van der Waals surface area contributed by atoms with E-state index < -0.39 is 18.2 Å². The molecule has 1 amide bonds. The van der Waals surface area contributed by atoms with Crippen LogP contribution in [0.2, 0.25) is 0 Å². The number of carbonyl (C=O) groups is 1. The van der Waals surface area contributed by atoms with E-state index in [0.29, 0.717) is 12.8 Å². The van der Waals surface area contributed by atoms with Crippen LogP contribution in [0.5, 0.6) is 0 Å². The molecule has 0 bridgehead atoms. The number of aliphatic hydroxyl groups is 3. The third-order valence-electron chi connectivity index (χ3n) is 12.0. The summed E-state index contributed by atoms with van der Waals surface area (Å²) in [6, 6.07) is -0.828. The summed E-state index contributed by atoms with van der Waals surface area (Å²) in [7, 11) is 0. The van der Waals surface area contributed by atoms with Crippen molar-refractivity contribution < 1.29 is 20.1 Å². The summed E-state index contributed by atoms with van der Waals surface area (Å²) in [4.78, 5) is 12.5. The monoisotopic (exact) mass is 804 g/mol. The van der Waals surface area contributed by atoms with Gasteiger partial charge in [-0.1, -0.05) is 244 Å². The van der Waals surface area contributed by atoms with Crippen LogP contribution in [0.25, 0.3) is 0 Å². The van der Waals surface area contributed by atoms with Gasteiger partial charge in [-0.3, -0.25) is 4.79 Å². The summed E-state index contributed by atoms with van der Waals surface area (Å²) in [5.41, 5.74) is 0. The first-order chi connectivity index (χ1) is 28.1. The van der Waals surface area contributed by atoms with E-state index in [2.05, 4.69) is 43.5 Å². The average molecular weight is 804 g/mol. The van der Waals surface area contributed by atoms with Gasteiger partial charge in [0.25, 0.3) is 0 Å². The smallest absolute Gasteiger partial charge is 0.220 e. The molecule has 5 nitrogen and oxygen atoms in total. The highest BCUT2D eigenvalue weighted by Gasteiger charge is 2.26. The van der Waals surface area contributed by atoms with E-state index in [0.717, 1.165) is 44.9 Å². The zero-order chi connectivity index (χ0) is 41.5. The highest BCUT2D eigenvalue weighted by molar-refractivity contribution is 5.76. The van der Waals surface area contributed by atoms with Crippen LogP contribution in [-0.4, -0.2) is 46.1 Å². The molecule has 5 heteroatoms. The number of allylic oxidation sites excluding steroid dienone is 4. The molecule has 0 aliphatic carbocycles. The normalized spacial score (nSPS) is 13.6. The van der Waals surface area contributed by atoms with E-state index in [9.17, 15) is 20.1 Å². The van der Waals surface area contributed by atoms with Gasteiger partial charge in [-0.25, -0.2) is 0 Å². The van der Waals surface area contributed by atoms with Crippen LogP contribution in [0.4, 0.5) is 0 Å². The van der Waals surface area contributed by atoms with Crippen molar-refractivity contribution in [1.29, 1.82) is 0 Å². The molecule has 0 fully saturated rings. The molecule has 0 radical (unpaired) electrons. The van der Waals surface area contributed by atoms with Gasteiger partial charge in [0.05, 0.1) is 18.8 Å². The number of aliphatic hydroxyl groups excluding tert-OH is 3. The van der Waals surface area contributed by atoms with Crippen molar-refractivity contribution in [2.45, 2.75) is 295 Å². The predicted molar refractivity (Wildman–Crippen MR) is 250 cm³/mol. The fraction of sp³-hybridized carbons (Fsp3) is 0.904. The molecule has 0 rings (SSSR count). The van der Waals surface area contributed by atoms with E-state index in [4.69, 9.17) is 0 Å². The molecule has 0 aliphatic heterocycles. The number of amides is 1. The fourth-order valence-corrected chi connectivity index (χ4v) is 8.06. The zero-order valence-corrected chi connectivity index (χ0v) is 38.5. The lowest BCUT2D eigenvalue weighted by Crippen LogP contribution is -2.50. The summed E-state index contributed by atoms with van der Waals surface area (Å²) in [6.45, 7) is 4.16. The minimum absolute atomic E-state index is 0.154. The summed E-state index contributed by atoms with van der Waals surface area (Å²) < 4.78 is 0. The molecule has 57 heavy (non-hydrogen) atoms. The number of carbonyl (C=O) groups excluding carboxylic acids is 1. The van der Waals surface area contributed by atoms with Gasteiger partial charge in [0.1, 0.15) is 6.10 Å². The molecule has 0 aromatic heterocycles. The Labute approximate surface area is 356 Å². The Bertz CT molecular complexity index is 844. The maximum Gasteiger partial charge on any atom is 0.220 e. The van der Waals surface area contributed by atoms with E-state index >= 15 is 0 Å². The standard InChI is InChI=1S/C52H101NO4/c1-3-5-7-9-11-13-15-17-18-19-20-21-22-23-24-25-26-27-28-29-30-31-32-33-35-37-39-41-43-45-47-51(56)53-49(48-54)52(57)50(55)46-44-42-40-38-36-34-16-14-12-10-8-6-4-2/h14,16,38,40,49-50,52,54-55,57H,3-13,15,17-37,39,41-48H2,1-2H3,(H,53,56)/b16-14+,40-38+. The molecule has 0 aliphatic rings. The molecule has 3 atom stereocenters. The lowest BCUT2D eigenvalue weighted by Gasteiger charge is -2.26. The van der Waals surface area contributed by atoms with Crippen LogP contribution in [0.1, 0.15) is 277 Å². The second-order valence-corrected chi connectivity index (χ2v) is 17.7. The molecule has 0 aromatic carbocycles. The number of nitrogens with one attached hydrogen (secondary N) is 1. The number of rotatable bonds is 47. The molecular weight excluding hydrogens is 703 g/mol. The minimum atomic E-state index is -1.16. The quantitative estimate of drug-likeness (QED) is 0.0364. The van der Waals surface area contributed by atoms with Crippen molar-refractivity contribution in [2.75, 3.05) is 6.61 Å². The van der Waals surface area contributed by atoms with Crippen LogP contribution in [0.3, 0.4) is 0 Å². The van der Waals surface area contributed by atoms with Crippen molar-refractivity contribution in [3.05, 3.63) is 24.3 Å². The van der Waals surface area contributed by atoms with Gasteiger partial charge in [0.2, 0.25) is 5.91 Å². The van der Waals surface area contributed by atoms with Crippen LogP contribution in [0.15, 0.2) is 24.3 Å². The Hall–Kier alpha value is -1.17. The van der Waals surface area contributed by atoms with E-state index in [1.807, 2.05) is 0 Å². The second kappa shape index (κ2) is 47.5. The van der Waals surface area contributed by atoms with E-state index in [1.165, 1.54) is 205 Å². The summed E-state index contributed by atoms with van der Waals surface area (Å²) in [5, 5.41) is 33.5. The first-order valence-corrected chi connectivity index (χ1v) is 25.6. The molecular formula is C52H101NO4. The van der Waals surface area contributed by atoms with Crippen molar-refractivity contribution in [3.8, 4) is 0 Å². The third-order valence-corrected chi connectivity index (χ3v) is 12.0. The second-order valence-electron chi connectivity index (χ2n) is 17.7. The van der Waals surface area contributed by atoms with Crippen LogP contribution in [-0.2, 0) is 4.79 Å². The van der Waals surface area contributed by atoms with Gasteiger partial charge < -0.3 is 20.6 Å². The molecule has 338 valence electrons. The lowest BCUT2D eigenvalue weighted by atomic mass is 10.0. The average Bonchev–Trinajstić information content (AvgIpc) is 3.22. The Morgan fingerprint density at radius 1 is 0.421 bits per heavy atom. The molecule has 0 spiro atoms. The van der Waals surface area contributed by atoms with Gasteiger partial charge >= 0.3 is 0 Å². The minimum Gasteiger partial charge on any atom is -0.394 e. The molecule has 3 unspecified atom stereocenters. The van der Waals surface area contributed by atoms with Crippen LogP contribution in [0, 0.1) is 0 Å². The maximum atomic E-state index is 12.5. The predicted octanol–water partition coefficient (Wildman–Crippen LogP) is 15.3. The number of hydrogen-bond donors (Lipinski definition) is 4. The summed E-state index contributed by atoms with van der Waals surface area (Å²) in [6.07, 6.45) is 59.0. The summed E-state index contributed by atoms with van der Waals surface area (Å²) >= 11 is 0. The van der Waals surface area contributed by atoms with Crippen LogP contribution >= 0.6 is 0 Å². The Morgan fingerprint density at radius 3 is 1.07 bits per heavy atom. The molecule has 4 N–H and O–H groups in total. The van der Waals surface area contributed by atoms with Gasteiger partial charge in [-0.05, 0) is 51.4 Å². The van der Waals surface area contributed by atoms with E-state index in [-0.39, 0.29) is 12.5 Å². The lowest BCUT2D eigenvalue weighted by molar-refractivity contribution is -0.124. The molecule has 0 saturated carbocycles. The third kappa shape index (κ3) is 42.8. The number of unbranched alkanes of at least 4 members (excludes halogenated alkanes) is 35. The molecule has 0 saturated heterocycles. The van der Waals surface area contributed by atoms with Gasteiger partial charge in [0, 0.05) is 6.42 Å². The first kappa shape index (κ1) is 55.8.